The molecule has 0 amide bonds. The second kappa shape index (κ2) is 9.07. The average molecular weight is 340 g/mol. The van der Waals surface area contributed by atoms with Gasteiger partial charge in [-0.25, -0.2) is 0 Å². The van der Waals surface area contributed by atoms with Gasteiger partial charge >= 0.3 is 5.97 Å². The van der Waals surface area contributed by atoms with Gasteiger partial charge in [-0.15, -0.1) is 0 Å². The van der Waals surface area contributed by atoms with Crippen LogP contribution in [0, 0.1) is 0 Å². The Labute approximate surface area is 145 Å². The van der Waals surface area contributed by atoms with Gasteiger partial charge in [0.05, 0.1) is 6.54 Å². The number of anilines is 2. The van der Waals surface area contributed by atoms with E-state index in [9.17, 15) is 9.59 Å². The molecule has 130 valence electrons. The molecule has 0 atom stereocenters. The average Bonchev–Trinajstić information content (AvgIpc) is 2.63. The normalized spacial score (nSPS) is 10.6. The van der Waals surface area contributed by atoms with Crippen molar-refractivity contribution >= 4 is 29.5 Å². The van der Waals surface area contributed by atoms with Crippen LogP contribution in [-0.4, -0.2) is 29.7 Å². The number of nitrogens with zero attached hydrogens (tertiary/aromatic N) is 1. The molecule has 0 aliphatic carbocycles. The van der Waals surface area contributed by atoms with E-state index in [0.717, 1.165) is 11.3 Å². The third-order valence-corrected chi connectivity index (χ3v) is 3.56. The van der Waals surface area contributed by atoms with E-state index < -0.39 is 5.97 Å². The summed E-state index contributed by atoms with van der Waals surface area (Å²) in [5, 5.41) is 18.1. The van der Waals surface area contributed by atoms with Crippen molar-refractivity contribution in [3.63, 3.8) is 0 Å². The molecule has 7 nitrogen and oxygen atoms in total. The van der Waals surface area contributed by atoms with Crippen LogP contribution in [0.5, 0.6) is 0 Å². The molecule has 2 aromatic rings. The van der Waals surface area contributed by atoms with E-state index >= 15 is 0 Å². The molecule has 2 rings (SSSR count). The minimum absolute atomic E-state index is 0.0447. The first kappa shape index (κ1) is 18.0. The highest BCUT2D eigenvalue weighted by Crippen LogP contribution is 2.17. The molecule has 2 aromatic carbocycles. The summed E-state index contributed by atoms with van der Waals surface area (Å²) in [4.78, 5) is 23.1. The van der Waals surface area contributed by atoms with Gasteiger partial charge in [-0.2, -0.15) is 5.10 Å². The first-order chi connectivity index (χ1) is 12.1. The summed E-state index contributed by atoms with van der Waals surface area (Å²) in [6.45, 7) is 0.110. The molecule has 25 heavy (non-hydrogen) atoms. The zero-order chi connectivity index (χ0) is 18.1. The molecule has 5 N–H and O–H groups in total. The monoisotopic (exact) mass is 340 g/mol. The number of ketones is 1. The Morgan fingerprint density at radius 3 is 2.72 bits per heavy atom. The van der Waals surface area contributed by atoms with Gasteiger partial charge in [0.15, 0.2) is 5.78 Å². The van der Waals surface area contributed by atoms with Crippen molar-refractivity contribution in [2.45, 2.75) is 12.8 Å². The number of carbonyl (C=O) groups is 2. The molecule has 0 heterocycles. The van der Waals surface area contributed by atoms with Crippen molar-refractivity contribution in [3.8, 4) is 0 Å². The lowest BCUT2D eigenvalue weighted by Gasteiger charge is -2.11. The molecule has 0 radical (unpaired) electrons. The summed E-state index contributed by atoms with van der Waals surface area (Å²) in [7, 11) is 0. The van der Waals surface area contributed by atoms with Gasteiger partial charge in [0.25, 0.3) is 0 Å². The minimum atomic E-state index is -0.851. The van der Waals surface area contributed by atoms with Gasteiger partial charge in [0, 0.05) is 23.4 Å². The molecule has 0 aliphatic heterocycles. The summed E-state index contributed by atoms with van der Waals surface area (Å²) in [6, 6.07) is 14.4. The van der Waals surface area contributed by atoms with E-state index in [-0.39, 0.29) is 18.7 Å². The number of benzene rings is 2. The standard InChI is InChI=1S/C18H20N4O3/c19-22-12-21-15-6-3-5-14(10-15)17(23)11-20-16-7-2-1-4-13(16)8-9-18(24)25/h1-7,10,12,20H,8-9,11,19H2,(H,21,22)(H,24,25). The number of carboxylic acids is 1. The van der Waals surface area contributed by atoms with Gasteiger partial charge in [0.1, 0.15) is 6.34 Å². The van der Waals surface area contributed by atoms with Crippen LogP contribution in [0.15, 0.2) is 53.6 Å². The van der Waals surface area contributed by atoms with Crippen LogP contribution in [0.4, 0.5) is 11.4 Å². The number of hydrogen-bond acceptors (Lipinski definition) is 5. The topological polar surface area (TPSA) is 117 Å². The highest BCUT2D eigenvalue weighted by molar-refractivity contribution is 6.00. The third kappa shape index (κ3) is 5.65. The highest BCUT2D eigenvalue weighted by Gasteiger charge is 2.09. The summed E-state index contributed by atoms with van der Waals surface area (Å²) in [6.07, 6.45) is 1.79. The lowest BCUT2D eigenvalue weighted by Crippen LogP contribution is -2.15. The quantitative estimate of drug-likeness (QED) is 0.183. The number of nitrogens with two attached hydrogens (primary N) is 1. The number of rotatable bonds is 9. The number of hydrogen-bond donors (Lipinski definition) is 4. The molecule has 0 saturated carbocycles. The summed E-state index contributed by atoms with van der Waals surface area (Å²) in [5.41, 5.74) is 2.89. The Kier molecular flexibility index (Phi) is 6.53. The van der Waals surface area contributed by atoms with E-state index in [2.05, 4.69) is 15.7 Å². The summed E-state index contributed by atoms with van der Waals surface area (Å²) >= 11 is 0. The number of carbonyl (C=O) groups excluding carboxylic acids is 1. The maximum atomic E-state index is 12.4. The first-order valence-electron chi connectivity index (χ1n) is 7.75. The van der Waals surface area contributed by atoms with Crippen LogP contribution in [0.25, 0.3) is 0 Å². The zero-order valence-electron chi connectivity index (χ0n) is 13.6. The molecule has 0 aliphatic rings. The molecule has 0 saturated heterocycles. The first-order valence-corrected chi connectivity index (χ1v) is 7.75. The number of aliphatic carboxylic acids is 1. The predicted molar refractivity (Wildman–Crippen MR) is 98.0 cm³/mol. The number of para-hydroxylation sites is 1. The van der Waals surface area contributed by atoms with Crippen molar-refractivity contribution in [3.05, 3.63) is 59.7 Å². The van der Waals surface area contributed by atoms with Crippen molar-refractivity contribution < 1.29 is 14.7 Å². The molecule has 0 fully saturated rings. The Bertz CT molecular complexity index is 774. The Morgan fingerprint density at radius 2 is 1.96 bits per heavy atom. The fourth-order valence-corrected chi connectivity index (χ4v) is 2.32. The molecule has 7 heteroatoms. The van der Waals surface area contributed by atoms with Gasteiger partial charge < -0.3 is 21.6 Å². The smallest absolute Gasteiger partial charge is 0.303 e. The van der Waals surface area contributed by atoms with Gasteiger partial charge in [-0.05, 0) is 30.2 Å². The van der Waals surface area contributed by atoms with Gasteiger partial charge in [-0.3, -0.25) is 9.59 Å². The Morgan fingerprint density at radius 1 is 1.16 bits per heavy atom. The fourth-order valence-electron chi connectivity index (χ4n) is 2.32. The second-order valence-electron chi connectivity index (χ2n) is 5.33. The van der Waals surface area contributed by atoms with E-state index in [1.807, 2.05) is 24.3 Å². The van der Waals surface area contributed by atoms with Crippen LogP contribution in [0.3, 0.4) is 0 Å². The number of carboxylic acid groups (broad SMARTS) is 1. The number of Topliss-reactive ketones (excluding diaryl/α,β-unsaturated/α-hetero) is 1. The number of hydrazone groups is 1. The van der Waals surface area contributed by atoms with Crippen molar-refractivity contribution in [1.29, 1.82) is 0 Å². The second-order valence-corrected chi connectivity index (χ2v) is 5.33. The lowest BCUT2D eigenvalue weighted by atomic mass is 10.1. The summed E-state index contributed by atoms with van der Waals surface area (Å²) < 4.78 is 0. The SMILES string of the molecule is NN=CNc1cccc(C(=O)CNc2ccccc2CCC(=O)O)c1. The molecule has 0 aromatic heterocycles. The molecule has 0 bridgehead atoms. The Hall–Kier alpha value is -3.35. The zero-order valence-corrected chi connectivity index (χ0v) is 13.6. The minimum Gasteiger partial charge on any atom is -0.481 e. The van der Waals surface area contributed by atoms with Crippen molar-refractivity contribution in [2.24, 2.45) is 10.9 Å². The fraction of sp³-hybridized carbons (Fsp3) is 0.167. The van der Waals surface area contributed by atoms with E-state index in [4.69, 9.17) is 10.9 Å². The van der Waals surface area contributed by atoms with E-state index in [1.54, 1.807) is 24.3 Å². The van der Waals surface area contributed by atoms with Crippen LogP contribution < -0.4 is 16.5 Å². The van der Waals surface area contributed by atoms with Crippen LogP contribution in [-0.2, 0) is 11.2 Å². The van der Waals surface area contributed by atoms with Crippen molar-refractivity contribution in [2.75, 3.05) is 17.2 Å². The number of aryl methyl sites for hydroxylation is 1. The molecule has 0 spiro atoms. The summed E-state index contributed by atoms with van der Waals surface area (Å²) in [5.74, 6) is 4.10. The maximum Gasteiger partial charge on any atom is 0.303 e. The molecule has 0 unspecified atom stereocenters. The Balaban J connectivity index is 2.01. The van der Waals surface area contributed by atoms with E-state index in [1.165, 1.54) is 6.34 Å². The largest absolute Gasteiger partial charge is 0.481 e. The van der Waals surface area contributed by atoms with Gasteiger partial charge in [0.2, 0.25) is 0 Å². The molecular weight excluding hydrogens is 320 g/mol. The van der Waals surface area contributed by atoms with Crippen molar-refractivity contribution in [1.82, 2.24) is 0 Å². The van der Waals surface area contributed by atoms with Crippen LogP contribution in [0.2, 0.25) is 0 Å². The highest BCUT2D eigenvalue weighted by atomic mass is 16.4. The van der Waals surface area contributed by atoms with Gasteiger partial charge in [-0.1, -0.05) is 30.3 Å². The predicted octanol–water partition coefficient (Wildman–Crippen LogP) is 2.31. The molecular formula is C18H20N4O3. The van der Waals surface area contributed by atoms with Crippen LogP contribution in [0.1, 0.15) is 22.3 Å². The number of nitrogens with one attached hydrogen (secondary N) is 2. The van der Waals surface area contributed by atoms with Crippen LogP contribution >= 0.6 is 0 Å². The maximum absolute atomic E-state index is 12.4. The lowest BCUT2D eigenvalue weighted by molar-refractivity contribution is -0.136. The van der Waals surface area contributed by atoms with E-state index in [0.29, 0.717) is 17.7 Å². The third-order valence-electron chi connectivity index (χ3n) is 3.56.